The van der Waals surface area contributed by atoms with Crippen LogP contribution in [0.3, 0.4) is 0 Å². The molecule has 0 radical (unpaired) electrons. The summed E-state index contributed by atoms with van der Waals surface area (Å²) in [5.41, 5.74) is 3.07. The number of hydrogen-bond acceptors (Lipinski definition) is 9. The third kappa shape index (κ3) is 11.4. The smallest absolute Gasteiger partial charge is 0.408 e. The number of rotatable bonds is 9. The zero-order valence-corrected chi connectivity index (χ0v) is 27.6. The van der Waals surface area contributed by atoms with E-state index >= 15 is 0 Å². The summed E-state index contributed by atoms with van der Waals surface area (Å²) in [7, 11) is 0. The number of likely N-dealkylation sites (tertiary alicyclic amines) is 1. The summed E-state index contributed by atoms with van der Waals surface area (Å²) in [4.78, 5) is 39.8. The van der Waals surface area contributed by atoms with Crippen molar-refractivity contribution in [1.29, 1.82) is 0 Å². The summed E-state index contributed by atoms with van der Waals surface area (Å²) in [6.45, 7) is 17.2. The summed E-state index contributed by atoms with van der Waals surface area (Å²) < 4.78 is 16.6. The molecule has 1 atom stereocenters. The number of piperidine rings is 1. The monoisotopic (exact) mass is 613 g/mol. The number of nitrogens with zero attached hydrogens (tertiary/aromatic N) is 4. The Kier molecular flexibility index (Phi) is 11.9. The fourth-order valence-electron chi connectivity index (χ4n) is 4.79. The number of carbonyl (C=O) groups is 2. The van der Waals surface area contributed by atoms with Gasteiger partial charge in [0.1, 0.15) is 23.9 Å². The van der Waals surface area contributed by atoms with E-state index < -0.39 is 23.3 Å². The van der Waals surface area contributed by atoms with Crippen molar-refractivity contribution in [2.24, 2.45) is 0 Å². The van der Waals surface area contributed by atoms with Crippen LogP contribution in [0.15, 0.2) is 36.7 Å². The summed E-state index contributed by atoms with van der Waals surface area (Å²) in [5, 5.41) is 2.60. The Bertz CT molecular complexity index is 1200. The van der Waals surface area contributed by atoms with Gasteiger partial charge in [-0.15, -0.1) is 0 Å². The maximum atomic E-state index is 13.7. The lowest BCUT2D eigenvalue weighted by Crippen LogP contribution is -2.55. The Balaban J connectivity index is 1.71. The Hall–Kier alpha value is -3.31. The second kappa shape index (κ2) is 14.9. The standard InChI is InChI=1S/C32H47N5O5S/c1-22-11-9-15-33-25(22)19-37(20-26-23(2)12-10-16-34-26)24-13-17-36(18-14-24)28(38)27(35-29(39)41-31(3,4)5)21-40-30(43)42-32(6,7)8/h9-12,15-16,24,27H,13-14,17-21H2,1-8H3,(H,35,39)/t27-/m0/s1. The molecule has 236 valence electrons. The average Bonchev–Trinajstić information content (AvgIpc) is 2.90. The van der Waals surface area contributed by atoms with Gasteiger partial charge in [0, 0.05) is 56.8 Å². The molecule has 3 heterocycles. The lowest BCUT2D eigenvalue weighted by atomic mass is 10.0. The van der Waals surface area contributed by atoms with Gasteiger partial charge < -0.3 is 24.4 Å². The zero-order chi connectivity index (χ0) is 31.8. The molecule has 10 nitrogen and oxygen atoms in total. The number of carbonyl (C=O) groups excluding carboxylic acids is 2. The second-order valence-electron chi connectivity index (χ2n) is 13.0. The van der Waals surface area contributed by atoms with Crippen LogP contribution < -0.4 is 5.32 Å². The molecule has 11 heteroatoms. The quantitative estimate of drug-likeness (QED) is 0.387. The number of nitrogens with one attached hydrogen (secondary N) is 1. The zero-order valence-electron chi connectivity index (χ0n) is 26.8. The molecule has 0 spiro atoms. The van der Waals surface area contributed by atoms with Gasteiger partial charge in [-0.25, -0.2) is 4.79 Å². The van der Waals surface area contributed by atoms with Crippen LogP contribution in [0.5, 0.6) is 0 Å². The molecule has 1 aliphatic heterocycles. The van der Waals surface area contributed by atoms with Gasteiger partial charge in [0.25, 0.3) is 0 Å². The van der Waals surface area contributed by atoms with E-state index in [0.717, 1.165) is 35.4 Å². The van der Waals surface area contributed by atoms with Gasteiger partial charge in [-0.1, -0.05) is 12.1 Å². The number of thiocarbonyl (C=S) groups is 1. The number of aryl methyl sites for hydroxylation is 2. The average molecular weight is 614 g/mol. The molecule has 0 bridgehead atoms. The van der Waals surface area contributed by atoms with Crippen LogP contribution in [0, 0.1) is 13.8 Å². The normalized spacial score (nSPS) is 15.1. The molecule has 0 aliphatic carbocycles. The van der Waals surface area contributed by atoms with E-state index in [0.29, 0.717) is 26.2 Å². The summed E-state index contributed by atoms with van der Waals surface area (Å²) >= 11 is 5.21. The second-order valence-corrected chi connectivity index (χ2v) is 13.3. The highest BCUT2D eigenvalue weighted by Gasteiger charge is 2.33. The Morgan fingerprint density at radius 1 is 0.953 bits per heavy atom. The molecule has 1 saturated heterocycles. The number of alkyl carbamates (subject to hydrolysis) is 1. The topological polar surface area (TPSA) is 106 Å². The Morgan fingerprint density at radius 2 is 1.47 bits per heavy atom. The molecule has 0 saturated carbocycles. The molecule has 1 aliphatic rings. The largest absolute Gasteiger partial charge is 0.454 e. The molecule has 1 fully saturated rings. The molecular weight excluding hydrogens is 566 g/mol. The maximum absolute atomic E-state index is 13.7. The van der Waals surface area contributed by atoms with E-state index in [1.54, 1.807) is 25.7 Å². The van der Waals surface area contributed by atoms with Crippen molar-refractivity contribution in [2.75, 3.05) is 19.7 Å². The minimum absolute atomic E-state index is 0.0831. The van der Waals surface area contributed by atoms with Crippen molar-refractivity contribution in [1.82, 2.24) is 25.1 Å². The first kappa shape index (κ1) is 34.2. The van der Waals surface area contributed by atoms with Gasteiger partial charge in [0.15, 0.2) is 0 Å². The molecule has 43 heavy (non-hydrogen) atoms. The van der Waals surface area contributed by atoms with Crippen molar-refractivity contribution in [3.05, 3.63) is 59.2 Å². The van der Waals surface area contributed by atoms with E-state index in [4.69, 9.17) is 26.4 Å². The molecule has 3 rings (SSSR count). The lowest BCUT2D eigenvalue weighted by Gasteiger charge is -2.39. The molecule has 0 aromatic carbocycles. The van der Waals surface area contributed by atoms with Crippen molar-refractivity contribution in [3.63, 3.8) is 0 Å². The molecular formula is C32H47N5O5S. The highest BCUT2D eigenvalue weighted by Crippen LogP contribution is 2.23. The fraction of sp³-hybridized carbons (Fsp3) is 0.594. The van der Waals surface area contributed by atoms with Gasteiger partial charge in [-0.3, -0.25) is 19.7 Å². The number of ether oxygens (including phenoxy) is 3. The Labute approximate surface area is 261 Å². The number of amides is 2. The lowest BCUT2D eigenvalue weighted by molar-refractivity contribution is -0.136. The molecule has 2 amide bonds. The van der Waals surface area contributed by atoms with Crippen LogP contribution in [-0.2, 0) is 32.1 Å². The maximum Gasteiger partial charge on any atom is 0.408 e. The van der Waals surface area contributed by atoms with Crippen molar-refractivity contribution in [3.8, 4) is 0 Å². The van der Waals surface area contributed by atoms with Gasteiger partial charge in [-0.05, 0) is 91.5 Å². The van der Waals surface area contributed by atoms with Crippen LogP contribution in [0.4, 0.5) is 4.79 Å². The minimum atomic E-state index is -0.989. The Morgan fingerprint density at radius 3 is 1.93 bits per heavy atom. The molecule has 2 aromatic rings. The highest BCUT2D eigenvalue weighted by molar-refractivity contribution is 7.79. The van der Waals surface area contributed by atoms with Crippen LogP contribution >= 0.6 is 12.2 Å². The third-order valence-corrected chi connectivity index (χ3v) is 7.18. The SMILES string of the molecule is Cc1cccnc1CN(Cc1ncccc1C)C1CCN(C(=O)[C@H](COC(=S)OC(C)(C)C)NC(=O)OC(C)(C)C)CC1. The van der Waals surface area contributed by atoms with Gasteiger partial charge in [-0.2, -0.15) is 0 Å². The number of hydrogen-bond donors (Lipinski definition) is 1. The molecule has 2 aromatic heterocycles. The van der Waals surface area contributed by atoms with E-state index in [9.17, 15) is 9.59 Å². The molecule has 0 unspecified atom stereocenters. The van der Waals surface area contributed by atoms with Gasteiger partial charge in [0.05, 0.1) is 11.4 Å². The van der Waals surface area contributed by atoms with E-state index in [-0.39, 0.29) is 23.8 Å². The van der Waals surface area contributed by atoms with Crippen molar-refractivity contribution >= 4 is 29.5 Å². The third-order valence-electron chi connectivity index (χ3n) is 6.98. The van der Waals surface area contributed by atoms with Crippen molar-refractivity contribution in [2.45, 2.75) is 105 Å². The first-order valence-corrected chi connectivity index (χ1v) is 15.2. The first-order valence-electron chi connectivity index (χ1n) is 14.8. The van der Waals surface area contributed by atoms with Crippen LogP contribution in [0.2, 0.25) is 0 Å². The fourth-order valence-corrected chi connectivity index (χ4v) is 5.11. The highest BCUT2D eigenvalue weighted by atomic mass is 32.1. The predicted octanol–water partition coefficient (Wildman–Crippen LogP) is 5.10. The predicted molar refractivity (Wildman–Crippen MR) is 169 cm³/mol. The van der Waals surface area contributed by atoms with E-state index in [1.165, 1.54) is 0 Å². The van der Waals surface area contributed by atoms with Gasteiger partial charge in [0.2, 0.25) is 5.91 Å². The number of pyridine rings is 2. The van der Waals surface area contributed by atoms with Crippen LogP contribution in [0.25, 0.3) is 0 Å². The summed E-state index contributed by atoms with van der Waals surface area (Å²) in [5.74, 6) is -0.254. The van der Waals surface area contributed by atoms with E-state index in [2.05, 4.69) is 46.2 Å². The summed E-state index contributed by atoms with van der Waals surface area (Å²) in [6, 6.07) is 7.27. The van der Waals surface area contributed by atoms with E-state index in [1.807, 2.05) is 45.3 Å². The van der Waals surface area contributed by atoms with Crippen molar-refractivity contribution < 1.29 is 23.8 Å². The summed E-state index contributed by atoms with van der Waals surface area (Å²) in [6.07, 6.45) is 4.47. The van der Waals surface area contributed by atoms with Crippen LogP contribution in [0.1, 0.15) is 76.9 Å². The van der Waals surface area contributed by atoms with Gasteiger partial charge >= 0.3 is 11.3 Å². The number of aromatic nitrogens is 2. The molecule has 1 N–H and O–H groups in total. The minimum Gasteiger partial charge on any atom is -0.454 e. The first-order chi connectivity index (χ1) is 20.1. The van der Waals surface area contributed by atoms with Crippen LogP contribution in [-0.4, -0.2) is 80.0 Å².